The lowest BCUT2D eigenvalue weighted by molar-refractivity contribution is -0.173. The summed E-state index contributed by atoms with van der Waals surface area (Å²) in [6.07, 6.45) is -1.78. The lowest BCUT2D eigenvalue weighted by Gasteiger charge is -2.35. The summed E-state index contributed by atoms with van der Waals surface area (Å²) in [5, 5.41) is 7.16. The van der Waals surface area contributed by atoms with Gasteiger partial charge < -0.3 is 10.2 Å². The standard InChI is InChI=1S/C23H20BrF3N4O/c24-16-9-7-14(8-10-16)18-12-20(23(25,26)27)31-21(29-18)17(13-28-31)22(32)30-11-3-5-15-4-1-2-6-19(15)30/h1-2,4,6-10,13,18,20,29H,3,5,11-12H2/t18-,20-/m1/s1. The third kappa shape index (κ3) is 3.68. The number of carbonyl (C=O) groups is 1. The molecule has 0 radical (unpaired) electrons. The SMILES string of the molecule is O=C(c1cnn2c1N[C@@H](c1ccc(Br)cc1)C[C@@H]2C(F)(F)F)N1CCCc2ccccc21. The van der Waals surface area contributed by atoms with E-state index < -0.39 is 18.3 Å². The van der Waals surface area contributed by atoms with E-state index in [1.54, 1.807) is 29.2 Å². The van der Waals surface area contributed by atoms with Crippen LogP contribution in [-0.2, 0) is 6.42 Å². The van der Waals surface area contributed by atoms with Crippen LogP contribution in [-0.4, -0.2) is 28.4 Å². The zero-order valence-corrected chi connectivity index (χ0v) is 18.5. The molecular formula is C23H20BrF3N4O. The highest BCUT2D eigenvalue weighted by Gasteiger charge is 2.47. The quantitative estimate of drug-likeness (QED) is 0.472. The maximum absolute atomic E-state index is 13.9. The van der Waals surface area contributed by atoms with E-state index in [-0.39, 0.29) is 23.7 Å². The van der Waals surface area contributed by atoms with E-state index in [1.165, 1.54) is 6.20 Å². The molecule has 5 rings (SSSR count). The summed E-state index contributed by atoms with van der Waals surface area (Å²) < 4.78 is 43.6. The van der Waals surface area contributed by atoms with Crippen LogP contribution >= 0.6 is 15.9 Å². The summed E-state index contributed by atoms with van der Waals surface area (Å²) in [6.45, 7) is 0.513. The molecule has 0 spiro atoms. The van der Waals surface area contributed by atoms with Gasteiger partial charge in [-0.2, -0.15) is 18.3 Å². The molecule has 3 aromatic rings. The number of halogens is 4. The normalized spacial score (nSPS) is 20.3. The van der Waals surface area contributed by atoms with Crippen molar-refractivity contribution >= 4 is 33.3 Å². The van der Waals surface area contributed by atoms with E-state index in [0.29, 0.717) is 6.54 Å². The van der Waals surface area contributed by atoms with Gasteiger partial charge in [-0.25, -0.2) is 4.68 Å². The Kier molecular flexibility index (Phi) is 5.23. The Morgan fingerprint density at radius 2 is 1.88 bits per heavy atom. The minimum absolute atomic E-state index is 0.111. The van der Waals surface area contributed by atoms with Crippen LogP contribution in [0.15, 0.2) is 59.2 Å². The molecule has 0 unspecified atom stereocenters. The van der Waals surface area contributed by atoms with Gasteiger partial charge in [-0.3, -0.25) is 4.79 Å². The van der Waals surface area contributed by atoms with Gasteiger partial charge in [0.25, 0.3) is 5.91 Å². The molecule has 5 nitrogen and oxygen atoms in total. The van der Waals surface area contributed by atoms with E-state index in [4.69, 9.17) is 0 Å². The van der Waals surface area contributed by atoms with E-state index in [9.17, 15) is 18.0 Å². The van der Waals surface area contributed by atoms with Crippen LogP contribution in [0.5, 0.6) is 0 Å². The summed E-state index contributed by atoms with van der Waals surface area (Å²) >= 11 is 3.36. The van der Waals surface area contributed by atoms with Crippen molar-refractivity contribution in [1.29, 1.82) is 0 Å². The molecule has 1 N–H and O–H groups in total. The number of aromatic nitrogens is 2. The molecule has 0 fully saturated rings. The second-order valence-corrected chi connectivity index (χ2v) is 9.00. The first kappa shape index (κ1) is 21.1. The van der Waals surface area contributed by atoms with E-state index >= 15 is 0 Å². The summed E-state index contributed by atoms with van der Waals surface area (Å²) in [4.78, 5) is 15.1. The second kappa shape index (κ2) is 7.95. The van der Waals surface area contributed by atoms with Gasteiger partial charge in [-0.15, -0.1) is 0 Å². The van der Waals surface area contributed by atoms with Gasteiger partial charge in [-0.1, -0.05) is 46.3 Å². The molecule has 166 valence electrons. The Balaban J connectivity index is 1.54. The molecule has 2 atom stereocenters. The number of nitrogens with zero attached hydrogens (tertiary/aromatic N) is 3. The van der Waals surface area contributed by atoms with E-state index in [2.05, 4.69) is 26.3 Å². The highest BCUT2D eigenvalue weighted by atomic mass is 79.9. The fourth-order valence-corrected chi connectivity index (χ4v) is 4.79. The van der Waals surface area contributed by atoms with Crippen molar-refractivity contribution in [1.82, 2.24) is 9.78 Å². The first-order chi connectivity index (χ1) is 15.3. The van der Waals surface area contributed by atoms with Crippen molar-refractivity contribution in [3.8, 4) is 0 Å². The van der Waals surface area contributed by atoms with Crippen molar-refractivity contribution in [3.05, 3.63) is 75.9 Å². The first-order valence-electron chi connectivity index (χ1n) is 10.4. The monoisotopic (exact) mass is 504 g/mol. The van der Waals surface area contributed by atoms with Gasteiger partial charge in [0, 0.05) is 23.1 Å². The smallest absolute Gasteiger partial charge is 0.363 e. The van der Waals surface area contributed by atoms with Gasteiger partial charge in [0.15, 0.2) is 6.04 Å². The maximum atomic E-state index is 13.9. The number of carbonyl (C=O) groups excluding carboxylic acids is 1. The number of hydrogen-bond donors (Lipinski definition) is 1. The Morgan fingerprint density at radius 3 is 2.62 bits per heavy atom. The average Bonchev–Trinajstić information content (AvgIpc) is 3.21. The second-order valence-electron chi connectivity index (χ2n) is 8.08. The molecule has 3 heterocycles. The van der Waals surface area contributed by atoms with Crippen molar-refractivity contribution in [2.24, 2.45) is 0 Å². The Morgan fingerprint density at radius 1 is 1.12 bits per heavy atom. The average molecular weight is 505 g/mol. The molecule has 0 aliphatic carbocycles. The minimum Gasteiger partial charge on any atom is -0.363 e. The number of hydrogen-bond acceptors (Lipinski definition) is 3. The van der Waals surface area contributed by atoms with E-state index in [1.807, 2.05) is 24.3 Å². The van der Waals surface area contributed by atoms with Crippen LogP contribution < -0.4 is 10.2 Å². The predicted molar refractivity (Wildman–Crippen MR) is 119 cm³/mol. The first-order valence-corrected chi connectivity index (χ1v) is 11.2. The van der Waals surface area contributed by atoms with Crippen molar-refractivity contribution in [2.75, 3.05) is 16.8 Å². The van der Waals surface area contributed by atoms with Crippen LogP contribution in [0.3, 0.4) is 0 Å². The Hall–Kier alpha value is -2.81. The summed E-state index contributed by atoms with van der Waals surface area (Å²) in [5.74, 6) is -0.233. The molecule has 0 bridgehead atoms. The number of fused-ring (bicyclic) bond motifs is 2. The maximum Gasteiger partial charge on any atom is 0.410 e. The number of amides is 1. The predicted octanol–water partition coefficient (Wildman–Crippen LogP) is 5.90. The summed E-state index contributed by atoms with van der Waals surface area (Å²) in [6, 6.07) is 12.4. The largest absolute Gasteiger partial charge is 0.410 e. The third-order valence-electron chi connectivity index (χ3n) is 6.10. The lowest BCUT2D eigenvalue weighted by atomic mass is 9.96. The van der Waals surface area contributed by atoms with Crippen molar-refractivity contribution < 1.29 is 18.0 Å². The Bertz CT molecular complexity index is 1160. The highest BCUT2D eigenvalue weighted by molar-refractivity contribution is 9.10. The number of rotatable bonds is 2. The fourth-order valence-electron chi connectivity index (χ4n) is 4.52. The molecule has 2 aromatic carbocycles. The van der Waals surface area contributed by atoms with Gasteiger partial charge >= 0.3 is 6.18 Å². The molecule has 32 heavy (non-hydrogen) atoms. The highest BCUT2D eigenvalue weighted by Crippen LogP contribution is 2.45. The number of para-hydroxylation sites is 1. The van der Waals surface area contributed by atoms with Gasteiger partial charge in [0.2, 0.25) is 0 Å². The molecule has 2 aliphatic heterocycles. The molecule has 2 aliphatic rings. The van der Waals surface area contributed by atoms with Gasteiger partial charge in [0.05, 0.1) is 12.2 Å². The number of anilines is 2. The van der Waals surface area contributed by atoms with Crippen molar-refractivity contribution in [2.45, 2.75) is 37.5 Å². The van der Waals surface area contributed by atoms with Crippen LogP contribution in [0.4, 0.5) is 24.7 Å². The molecule has 0 saturated carbocycles. The lowest BCUT2D eigenvalue weighted by Crippen LogP contribution is -2.38. The number of alkyl halides is 3. The van der Waals surface area contributed by atoms with Crippen LogP contribution in [0, 0.1) is 0 Å². The van der Waals surface area contributed by atoms with Gasteiger partial charge in [0.1, 0.15) is 11.4 Å². The summed E-state index contributed by atoms with van der Waals surface area (Å²) in [5.41, 5.74) is 2.73. The van der Waals surface area contributed by atoms with Crippen molar-refractivity contribution in [3.63, 3.8) is 0 Å². The van der Waals surface area contributed by atoms with Crippen LogP contribution in [0.1, 0.15) is 46.4 Å². The topological polar surface area (TPSA) is 50.2 Å². The molecule has 0 saturated heterocycles. The molecule has 1 amide bonds. The van der Waals surface area contributed by atoms with Gasteiger partial charge in [-0.05, 0) is 42.2 Å². The number of benzene rings is 2. The third-order valence-corrected chi connectivity index (χ3v) is 6.63. The zero-order valence-electron chi connectivity index (χ0n) is 16.9. The molecule has 1 aromatic heterocycles. The zero-order chi connectivity index (χ0) is 22.5. The fraction of sp³-hybridized carbons (Fsp3) is 0.304. The van der Waals surface area contributed by atoms with Crippen LogP contribution in [0.2, 0.25) is 0 Å². The van der Waals surface area contributed by atoms with Crippen LogP contribution in [0.25, 0.3) is 0 Å². The minimum atomic E-state index is -4.49. The molecule has 9 heteroatoms. The number of nitrogens with one attached hydrogen (secondary N) is 1. The molecular weight excluding hydrogens is 485 g/mol. The number of aryl methyl sites for hydroxylation is 1. The Labute approximate surface area is 191 Å². The summed E-state index contributed by atoms with van der Waals surface area (Å²) in [7, 11) is 0. The van der Waals surface area contributed by atoms with E-state index in [0.717, 1.165) is 38.8 Å².